The van der Waals surface area contributed by atoms with Gasteiger partial charge in [0.1, 0.15) is 5.76 Å². The van der Waals surface area contributed by atoms with Crippen LogP contribution in [-0.4, -0.2) is 19.8 Å². The van der Waals surface area contributed by atoms with Crippen LogP contribution in [0.1, 0.15) is 25.2 Å². The summed E-state index contributed by atoms with van der Waals surface area (Å²) >= 11 is 0. The monoisotopic (exact) mass is 195 g/mol. The molecule has 1 unspecified atom stereocenters. The van der Waals surface area contributed by atoms with E-state index in [1.165, 1.54) is 5.56 Å². The lowest BCUT2D eigenvalue weighted by Gasteiger charge is -2.34. The van der Waals surface area contributed by atoms with E-state index < -0.39 is 0 Å². The lowest BCUT2D eigenvalue weighted by molar-refractivity contribution is 0.0788. The van der Waals surface area contributed by atoms with Crippen molar-refractivity contribution in [2.75, 3.05) is 19.8 Å². The standard InChI is InChI=1S/C11H17NO2/c1-3-13-8-11(2)9-5-7-14-10(9)4-6-12-11/h5,7,12H,3-4,6,8H2,1-2H3. The minimum atomic E-state index is -0.0728. The molecule has 2 rings (SSSR count). The molecule has 1 aliphatic rings. The first-order valence-corrected chi connectivity index (χ1v) is 5.16. The second kappa shape index (κ2) is 3.75. The van der Waals surface area contributed by atoms with Gasteiger partial charge in [-0.3, -0.25) is 0 Å². The number of hydrogen-bond acceptors (Lipinski definition) is 3. The maximum Gasteiger partial charge on any atom is 0.110 e. The first kappa shape index (κ1) is 9.74. The molecule has 78 valence electrons. The molecule has 0 saturated heterocycles. The Kier molecular flexibility index (Phi) is 2.61. The first-order valence-electron chi connectivity index (χ1n) is 5.16. The molecule has 0 saturated carbocycles. The molecule has 0 radical (unpaired) electrons. The number of ether oxygens (including phenoxy) is 1. The molecule has 0 spiro atoms. The Morgan fingerprint density at radius 2 is 2.50 bits per heavy atom. The largest absolute Gasteiger partial charge is 0.469 e. The molecule has 1 aromatic heterocycles. The zero-order valence-corrected chi connectivity index (χ0v) is 8.80. The third-order valence-corrected chi connectivity index (χ3v) is 2.80. The van der Waals surface area contributed by atoms with E-state index in [1.54, 1.807) is 6.26 Å². The zero-order chi connectivity index (χ0) is 10.0. The molecular weight excluding hydrogens is 178 g/mol. The van der Waals surface area contributed by atoms with E-state index in [2.05, 4.69) is 12.2 Å². The molecule has 1 atom stereocenters. The summed E-state index contributed by atoms with van der Waals surface area (Å²) in [5, 5.41) is 3.49. The van der Waals surface area contributed by atoms with Gasteiger partial charge in [0.25, 0.3) is 0 Å². The van der Waals surface area contributed by atoms with Crippen LogP contribution in [0.5, 0.6) is 0 Å². The third-order valence-electron chi connectivity index (χ3n) is 2.80. The van der Waals surface area contributed by atoms with E-state index >= 15 is 0 Å². The fourth-order valence-corrected chi connectivity index (χ4v) is 2.01. The number of nitrogens with one attached hydrogen (secondary N) is 1. The van der Waals surface area contributed by atoms with E-state index in [1.807, 2.05) is 13.0 Å². The Hall–Kier alpha value is -0.800. The number of rotatable bonds is 3. The van der Waals surface area contributed by atoms with Gasteiger partial charge in [-0.1, -0.05) is 0 Å². The highest BCUT2D eigenvalue weighted by atomic mass is 16.5. The van der Waals surface area contributed by atoms with Crippen LogP contribution in [0.4, 0.5) is 0 Å². The minimum absolute atomic E-state index is 0.0728. The molecule has 1 aromatic rings. The molecule has 1 N–H and O–H groups in total. The van der Waals surface area contributed by atoms with Crippen LogP contribution in [0.3, 0.4) is 0 Å². The van der Waals surface area contributed by atoms with Crippen LogP contribution >= 0.6 is 0 Å². The summed E-state index contributed by atoms with van der Waals surface area (Å²) in [7, 11) is 0. The van der Waals surface area contributed by atoms with Crippen molar-refractivity contribution in [1.82, 2.24) is 5.32 Å². The summed E-state index contributed by atoms with van der Waals surface area (Å²) in [6.07, 6.45) is 2.74. The van der Waals surface area contributed by atoms with Gasteiger partial charge in [-0.2, -0.15) is 0 Å². The van der Waals surface area contributed by atoms with Crippen molar-refractivity contribution < 1.29 is 9.15 Å². The Bertz CT molecular complexity index is 308. The smallest absolute Gasteiger partial charge is 0.110 e. The predicted molar refractivity (Wildman–Crippen MR) is 54.3 cm³/mol. The van der Waals surface area contributed by atoms with Crippen LogP contribution < -0.4 is 5.32 Å². The molecule has 3 heteroatoms. The van der Waals surface area contributed by atoms with Gasteiger partial charge in [0.15, 0.2) is 0 Å². The summed E-state index contributed by atoms with van der Waals surface area (Å²) in [6, 6.07) is 2.04. The molecule has 0 aliphatic carbocycles. The van der Waals surface area contributed by atoms with E-state index in [-0.39, 0.29) is 5.54 Å². The van der Waals surface area contributed by atoms with Gasteiger partial charge in [0, 0.05) is 25.1 Å². The lowest BCUT2D eigenvalue weighted by Crippen LogP contribution is -2.47. The Labute approximate surface area is 84.4 Å². The highest BCUT2D eigenvalue weighted by Gasteiger charge is 2.33. The van der Waals surface area contributed by atoms with Crippen LogP contribution in [0, 0.1) is 0 Å². The Balaban J connectivity index is 2.21. The maximum atomic E-state index is 5.50. The molecule has 1 aliphatic heterocycles. The summed E-state index contributed by atoms with van der Waals surface area (Å²) in [4.78, 5) is 0. The fourth-order valence-electron chi connectivity index (χ4n) is 2.01. The number of furan rings is 1. The third kappa shape index (κ3) is 1.57. The van der Waals surface area contributed by atoms with Crippen LogP contribution in [0.25, 0.3) is 0 Å². The summed E-state index contributed by atoms with van der Waals surface area (Å²) < 4.78 is 10.9. The van der Waals surface area contributed by atoms with Gasteiger partial charge in [0.2, 0.25) is 0 Å². The molecule has 0 aromatic carbocycles. The maximum absolute atomic E-state index is 5.50. The van der Waals surface area contributed by atoms with Gasteiger partial charge in [-0.15, -0.1) is 0 Å². The predicted octanol–water partition coefficient (Wildman–Crippen LogP) is 1.68. The quantitative estimate of drug-likeness (QED) is 0.796. The van der Waals surface area contributed by atoms with Gasteiger partial charge in [0.05, 0.1) is 18.4 Å². The van der Waals surface area contributed by atoms with Crippen molar-refractivity contribution in [1.29, 1.82) is 0 Å². The van der Waals surface area contributed by atoms with Crippen molar-refractivity contribution >= 4 is 0 Å². The minimum Gasteiger partial charge on any atom is -0.469 e. The van der Waals surface area contributed by atoms with Crippen molar-refractivity contribution in [2.24, 2.45) is 0 Å². The lowest BCUT2D eigenvalue weighted by atomic mass is 9.89. The molecule has 0 bridgehead atoms. The summed E-state index contributed by atoms with van der Waals surface area (Å²) in [5.74, 6) is 1.10. The molecule has 2 heterocycles. The fraction of sp³-hybridized carbons (Fsp3) is 0.636. The summed E-state index contributed by atoms with van der Waals surface area (Å²) in [5.41, 5.74) is 1.17. The molecule has 3 nitrogen and oxygen atoms in total. The second-order valence-electron chi connectivity index (χ2n) is 3.90. The summed E-state index contributed by atoms with van der Waals surface area (Å²) in [6.45, 7) is 6.60. The van der Waals surface area contributed by atoms with Crippen molar-refractivity contribution in [3.8, 4) is 0 Å². The van der Waals surface area contributed by atoms with Crippen molar-refractivity contribution in [2.45, 2.75) is 25.8 Å². The number of hydrogen-bond donors (Lipinski definition) is 1. The van der Waals surface area contributed by atoms with E-state index in [0.717, 1.165) is 25.3 Å². The zero-order valence-electron chi connectivity index (χ0n) is 8.80. The van der Waals surface area contributed by atoms with E-state index in [9.17, 15) is 0 Å². The van der Waals surface area contributed by atoms with Gasteiger partial charge in [-0.05, 0) is 19.9 Å². The number of fused-ring (bicyclic) bond motifs is 1. The highest BCUT2D eigenvalue weighted by molar-refractivity contribution is 5.29. The molecule has 14 heavy (non-hydrogen) atoms. The van der Waals surface area contributed by atoms with Crippen LogP contribution in [0.2, 0.25) is 0 Å². The SMILES string of the molecule is CCOCC1(C)NCCc2occc21. The van der Waals surface area contributed by atoms with Crippen molar-refractivity contribution in [3.05, 3.63) is 23.7 Å². The normalized spacial score (nSPS) is 26.1. The molecular formula is C11H17NO2. The van der Waals surface area contributed by atoms with E-state index in [0.29, 0.717) is 6.61 Å². The van der Waals surface area contributed by atoms with E-state index in [4.69, 9.17) is 9.15 Å². The topological polar surface area (TPSA) is 34.4 Å². The molecule has 0 fully saturated rings. The highest BCUT2D eigenvalue weighted by Crippen LogP contribution is 2.29. The average molecular weight is 195 g/mol. The van der Waals surface area contributed by atoms with Crippen LogP contribution in [0.15, 0.2) is 16.7 Å². The Morgan fingerprint density at radius 3 is 3.29 bits per heavy atom. The van der Waals surface area contributed by atoms with Crippen molar-refractivity contribution in [3.63, 3.8) is 0 Å². The molecule has 0 amide bonds. The van der Waals surface area contributed by atoms with Gasteiger partial charge >= 0.3 is 0 Å². The van der Waals surface area contributed by atoms with Crippen LogP contribution in [-0.2, 0) is 16.7 Å². The first-order chi connectivity index (χ1) is 6.76. The van der Waals surface area contributed by atoms with Gasteiger partial charge < -0.3 is 14.5 Å². The average Bonchev–Trinajstić information content (AvgIpc) is 2.65. The Morgan fingerprint density at radius 1 is 1.64 bits per heavy atom. The second-order valence-corrected chi connectivity index (χ2v) is 3.90. The van der Waals surface area contributed by atoms with Gasteiger partial charge in [-0.25, -0.2) is 0 Å².